The summed E-state index contributed by atoms with van der Waals surface area (Å²) in [5, 5.41) is 15.6. The second-order valence-electron chi connectivity index (χ2n) is 10.8. The molecule has 3 aromatic carbocycles. The van der Waals surface area contributed by atoms with E-state index in [2.05, 4.69) is 70.5 Å². The average Bonchev–Trinajstić information content (AvgIpc) is 3.60. The van der Waals surface area contributed by atoms with E-state index in [0.29, 0.717) is 12.5 Å². The number of hydrogen-bond acceptors (Lipinski definition) is 3. The van der Waals surface area contributed by atoms with E-state index in [4.69, 9.17) is 4.98 Å². The van der Waals surface area contributed by atoms with E-state index in [1.165, 1.54) is 21.9 Å². The van der Waals surface area contributed by atoms with Crippen LogP contribution in [0.3, 0.4) is 0 Å². The number of carbonyl (C=O) groups excluding carboxylic acids is 1. The number of pyridine rings is 1. The third-order valence-electron chi connectivity index (χ3n) is 8.29. The third kappa shape index (κ3) is 5.07. The van der Waals surface area contributed by atoms with Gasteiger partial charge >= 0.3 is 0 Å². The van der Waals surface area contributed by atoms with Gasteiger partial charge in [-0.3, -0.25) is 4.79 Å². The molecule has 2 heterocycles. The number of rotatable bonds is 8. The van der Waals surface area contributed by atoms with Gasteiger partial charge in [0.15, 0.2) is 0 Å². The lowest BCUT2D eigenvalue weighted by atomic mass is 9.83. The highest BCUT2D eigenvalue weighted by molar-refractivity contribution is 6.06. The number of amides is 1. The molecule has 39 heavy (non-hydrogen) atoms. The highest BCUT2D eigenvalue weighted by Crippen LogP contribution is 2.38. The van der Waals surface area contributed by atoms with Gasteiger partial charge in [0, 0.05) is 23.0 Å². The van der Waals surface area contributed by atoms with Crippen molar-refractivity contribution >= 4 is 27.8 Å². The topological polar surface area (TPSA) is 67.2 Å². The van der Waals surface area contributed by atoms with Crippen molar-refractivity contribution < 1.29 is 9.90 Å². The highest BCUT2D eigenvalue weighted by atomic mass is 16.3. The summed E-state index contributed by atoms with van der Waals surface area (Å²) in [6.45, 7) is 2.61. The van der Waals surface area contributed by atoms with Crippen LogP contribution in [0.5, 0.6) is 0 Å². The number of aromatic nitrogens is 2. The second kappa shape index (κ2) is 11.0. The van der Waals surface area contributed by atoms with Crippen LogP contribution in [0.25, 0.3) is 21.9 Å². The Morgan fingerprint density at radius 1 is 0.897 bits per heavy atom. The molecule has 1 saturated carbocycles. The predicted molar refractivity (Wildman–Crippen MR) is 157 cm³/mol. The Hall–Kier alpha value is -3.96. The minimum Gasteiger partial charge on any atom is -0.394 e. The lowest BCUT2D eigenvalue weighted by Crippen LogP contribution is -2.37. The maximum atomic E-state index is 13.7. The number of fused-ring (bicyclic) bond motifs is 3. The Kier molecular flexibility index (Phi) is 7.16. The van der Waals surface area contributed by atoms with Crippen LogP contribution in [-0.2, 0) is 11.3 Å². The van der Waals surface area contributed by atoms with Crippen LogP contribution >= 0.6 is 0 Å². The molecule has 5 nitrogen and oxygen atoms in total. The SMILES string of the molecule is Cc1ccc2c3ccccc3n(Cc3ccc([C@@H](C(=O)N[C@@H](CO)c4ccccc4)C4CCCC4)cc3)c2n1. The van der Waals surface area contributed by atoms with Gasteiger partial charge < -0.3 is 15.0 Å². The summed E-state index contributed by atoms with van der Waals surface area (Å²) in [6, 6.07) is 30.6. The summed E-state index contributed by atoms with van der Waals surface area (Å²) in [4.78, 5) is 18.6. The molecule has 0 radical (unpaired) electrons. The average molecular weight is 518 g/mol. The Morgan fingerprint density at radius 2 is 1.62 bits per heavy atom. The van der Waals surface area contributed by atoms with Crippen LogP contribution in [0, 0.1) is 12.8 Å². The van der Waals surface area contributed by atoms with Crippen molar-refractivity contribution in [2.24, 2.45) is 5.92 Å². The van der Waals surface area contributed by atoms with E-state index in [9.17, 15) is 9.90 Å². The van der Waals surface area contributed by atoms with Gasteiger partial charge in [-0.2, -0.15) is 0 Å². The number of aliphatic hydroxyl groups excluding tert-OH is 1. The molecule has 2 aromatic heterocycles. The lowest BCUT2D eigenvalue weighted by molar-refractivity contribution is -0.124. The summed E-state index contributed by atoms with van der Waals surface area (Å²) in [7, 11) is 0. The van der Waals surface area contributed by atoms with Gasteiger partial charge in [-0.05, 0) is 60.6 Å². The van der Waals surface area contributed by atoms with Crippen molar-refractivity contribution in [3.05, 3.63) is 113 Å². The predicted octanol–water partition coefficient (Wildman–Crippen LogP) is 6.67. The quantitative estimate of drug-likeness (QED) is 0.242. The number of para-hydroxylation sites is 1. The summed E-state index contributed by atoms with van der Waals surface area (Å²) in [5.74, 6) is 0.0898. The first-order valence-electron chi connectivity index (χ1n) is 14.0. The first-order valence-corrected chi connectivity index (χ1v) is 14.0. The Balaban J connectivity index is 1.29. The van der Waals surface area contributed by atoms with E-state index in [-0.39, 0.29) is 18.4 Å². The van der Waals surface area contributed by atoms with E-state index in [1.54, 1.807) is 0 Å². The maximum absolute atomic E-state index is 13.7. The zero-order valence-electron chi connectivity index (χ0n) is 22.4. The molecule has 6 rings (SSSR count). The van der Waals surface area contributed by atoms with Crippen molar-refractivity contribution in [3.63, 3.8) is 0 Å². The van der Waals surface area contributed by atoms with Crippen molar-refractivity contribution in [3.8, 4) is 0 Å². The summed E-state index contributed by atoms with van der Waals surface area (Å²) < 4.78 is 2.29. The van der Waals surface area contributed by atoms with Crippen molar-refractivity contribution in [2.45, 2.75) is 51.1 Å². The lowest BCUT2D eigenvalue weighted by Gasteiger charge is -2.26. The maximum Gasteiger partial charge on any atom is 0.228 e. The summed E-state index contributed by atoms with van der Waals surface area (Å²) in [5.41, 5.74) is 6.32. The molecule has 1 aliphatic carbocycles. The van der Waals surface area contributed by atoms with Gasteiger partial charge in [-0.15, -0.1) is 0 Å². The molecule has 1 aliphatic rings. The molecule has 0 aliphatic heterocycles. The molecule has 198 valence electrons. The second-order valence-corrected chi connectivity index (χ2v) is 10.8. The molecule has 2 atom stereocenters. The molecule has 5 aromatic rings. The first kappa shape index (κ1) is 25.3. The zero-order chi connectivity index (χ0) is 26.8. The highest BCUT2D eigenvalue weighted by Gasteiger charge is 2.33. The molecule has 1 fully saturated rings. The van der Waals surface area contributed by atoms with Crippen LogP contribution in [-0.4, -0.2) is 27.2 Å². The van der Waals surface area contributed by atoms with Crippen LogP contribution in [0.2, 0.25) is 0 Å². The Labute approximate surface area is 229 Å². The summed E-state index contributed by atoms with van der Waals surface area (Å²) in [6.07, 6.45) is 4.44. The van der Waals surface area contributed by atoms with Gasteiger partial charge in [0.25, 0.3) is 0 Å². The standard InChI is InChI=1S/C34H35N3O2/c1-23-15-20-29-28-13-7-8-14-31(28)37(33(29)35-23)21-24-16-18-27(19-17-24)32(26-11-5-6-12-26)34(39)36-30(22-38)25-9-3-2-4-10-25/h2-4,7-10,13-20,26,30,32,38H,5-6,11-12,21-22H2,1H3,(H,36,39)/t30-,32-/m0/s1. The molecule has 0 bridgehead atoms. The van der Waals surface area contributed by atoms with Crippen LogP contribution in [0.4, 0.5) is 0 Å². The van der Waals surface area contributed by atoms with Crippen LogP contribution in [0.15, 0.2) is 91.0 Å². The van der Waals surface area contributed by atoms with E-state index in [0.717, 1.165) is 48.2 Å². The number of benzene rings is 3. The number of aryl methyl sites for hydroxylation is 1. The molecule has 0 spiro atoms. The fourth-order valence-corrected chi connectivity index (χ4v) is 6.29. The third-order valence-corrected chi connectivity index (χ3v) is 8.29. The number of hydrogen-bond donors (Lipinski definition) is 2. The van der Waals surface area contributed by atoms with Gasteiger partial charge in [0.1, 0.15) is 5.65 Å². The Morgan fingerprint density at radius 3 is 2.36 bits per heavy atom. The van der Waals surface area contributed by atoms with Crippen molar-refractivity contribution in [2.75, 3.05) is 6.61 Å². The zero-order valence-corrected chi connectivity index (χ0v) is 22.4. The molecule has 2 N–H and O–H groups in total. The largest absolute Gasteiger partial charge is 0.394 e. The fourth-order valence-electron chi connectivity index (χ4n) is 6.29. The molecule has 5 heteroatoms. The van der Waals surface area contributed by atoms with Crippen molar-refractivity contribution in [1.29, 1.82) is 0 Å². The smallest absolute Gasteiger partial charge is 0.228 e. The van der Waals surface area contributed by atoms with Gasteiger partial charge in [-0.1, -0.05) is 85.6 Å². The minimum atomic E-state index is -0.409. The van der Waals surface area contributed by atoms with E-state index < -0.39 is 6.04 Å². The van der Waals surface area contributed by atoms with Gasteiger partial charge in [0.05, 0.1) is 24.1 Å². The minimum absolute atomic E-state index is 0.000346. The monoisotopic (exact) mass is 517 g/mol. The molecular formula is C34H35N3O2. The molecule has 0 unspecified atom stereocenters. The number of nitrogens with zero attached hydrogens (tertiary/aromatic N) is 2. The van der Waals surface area contributed by atoms with Crippen LogP contribution < -0.4 is 5.32 Å². The molecular weight excluding hydrogens is 482 g/mol. The van der Waals surface area contributed by atoms with E-state index in [1.807, 2.05) is 37.3 Å². The molecule has 1 amide bonds. The van der Waals surface area contributed by atoms with Gasteiger partial charge in [-0.25, -0.2) is 4.98 Å². The first-order chi connectivity index (χ1) is 19.1. The van der Waals surface area contributed by atoms with E-state index >= 15 is 0 Å². The number of aliphatic hydroxyl groups is 1. The van der Waals surface area contributed by atoms with Crippen LogP contribution in [0.1, 0.15) is 60.0 Å². The molecule has 0 saturated heterocycles. The summed E-state index contributed by atoms with van der Waals surface area (Å²) >= 11 is 0. The number of nitrogens with one attached hydrogen (secondary N) is 1. The van der Waals surface area contributed by atoms with Crippen molar-refractivity contribution in [1.82, 2.24) is 14.9 Å². The Bertz CT molecular complexity index is 1580. The van der Waals surface area contributed by atoms with Gasteiger partial charge in [0.2, 0.25) is 5.91 Å². The fraction of sp³-hybridized carbons (Fsp3) is 0.294. The number of carbonyl (C=O) groups is 1. The normalized spacial score (nSPS) is 15.5.